The molecule has 0 aliphatic carbocycles. The van der Waals surface area contributed by atoms with Crippen LogP contribution in [0, 0.1) is 0 Å². The molecule has 0 bridgehead atoms. The first kappa shape index (κ1) is 11.3. The van der Waals surface area contributed by atoms with Crippen LogP contribution in [-0.2, 0) is 0 Å². The molecule has 16 heavy (non-hydrogen) atoms. The van der Waals surface area contributed by atoms with Crippen molar-refractivity contribution in [1.82, 2.24) is 9.55 Å². The fraction of sp³-hybridized carbons (Fsp3) is 0.333. The summed E-state index contributed by atoms with van der Waals surface area (Å²) < 4.78 is 2.63. The van der Waals surface area contributed by atoms with E-state index in [0.717, 1.165) is 16.4 Å². The average Bonchev–Trinajstić information content (AvgIpc) is 2.28. The highest BCUT2D eigenvalue weighted by Gasteiger charge is 2.08. The van der Waals surface area contributed by atoms with Gasteiger partial charge in [0.1, 0.15) is 0 Å². The van der Waals surface area contributed by atoms with Crippen LogP contribution >= 0.6 is 15.9 Å². The Morgan fingerprint density at radius 2 is 2.25 bits per heavy atom. The molecule has 0 saturated heterocycles. The first-order chi connectivity index (χ1) is 7.63. The van der Waals surface area contributed by atoms with E-state index in [1.807, 2.05) is 25.1 Å². The summed E-state index contributed by atoms with van der Waals surface area (Å²) in [6, 6.07) is 5.73. The van der Waals surface area contributed by atoms with Crippen LogP contribution in [0.2, 0.25) is 0 Å². The minimum absolute atomic E-state index is 0.0341. The van der Waals surface area contributed by atoms with Gasteiger partial charge < -0.3 is 0 Å². The Hall–Kier alpha value is -1.16. The summed E-state index contributed by atoms with van der Waals surface area (Å²) in [5, 5.41) is 0.672. The molecule has 84 valence electrons. The van der Waals surface area contributed by atoms with Crippen molar-refractivity contribution in [1.29, 1.82) is 0 Å². The summed E-state index contributed by atoms with van der Waals surface area (Å²) in [6.45, 7) is 4.08. The fourth-order valence-corrected chi connectivity index (χ4v) is 1.97. The van der Waals surface area contributed by atoms with Crippen LogP contribution in [0.1, 0.15) is 26.3 Å². The van der Waals surface area contributed by atoms with Gasteiger partial charge in [0, 0.05) is 10.5 Å². The Morgan fingerprint density at radius 1 is 1.50 bits per heavy atom. The number of benzene rings is 1. The van der Waals surface area contributed by atoms with Gasteiger partial charge in [-0.2, -0.15) is 0 Å². The third-order valence-corrected chi connectivity index (χ3v) is 3.30. The summed E-state index contributed by atoms with van der Waals surface area (Å²) in [5.41, 5.74) is 0.769. The normalized spacial score (nSPS) is 12.9. The number of aromatic nitrogens is 2. The van der Waals surface area contributed by atoms with Crippen LogP contribution in [0.3, 0.4) is 0 Å². The zero-order valence-electron chi connectivity index (χ0n) is 9.27. The van der Waals surface area contributed by atoms with E-state index >= 15 is 0 Å². The molecular weight excluding hydrogens is 268 g/mol. The van der Waals surface area contributed by atoms with E-state index in [9.17, 15) is 4.79 Å². The zero-order chi connectivity index (χ0) is 11.7. The maximum absolute atomic E-state index is 12.1. The molecule has 0 aliphatic rings. The standard InChI is InChI=1S/C12H13BrN2O/c1-3-8(2)15-7-14-11-6-9(13)4-5-10(11)12(15)16/h4-8H,3H2,1-2H3. The Morgan fingerprint density at radius 3 is 2.94 bits per heavy atom. The van der Waals surface area contributed by atoms with E-state index in [2.05, 4.69) is 27.8 Å². The van der Waals surface area contributed by atoms with Crippen LogP contribution in [0.5, 0.6) is 0 Å². The summed E-state index contributed by atoms with van der Waals surface area (Å²) in [6.07, 6.45) is 2.55. The number of nitrogens with zero attached hydrogens (tertiary/aromatic N) is 2. The lowest BCUT2D eigenvalue weighted by Gasteiger charge is -2.12. The quantitative estimate of drug-likeness (QED) is 0.847. The van der Waals surface area contributed by atoms with Crippen LogP contribution in [0.15, 0.2) is 33.8 Å². The molecular formula is C12H13BrN2O. The predicted octanol–water partition coefficient (Wildman–Crippen LogP) is 3.13. The van der Waals surface area contributed by atoms with E-state index in [-0.39, 0.29) is 11.6 Å². The first-order valence-electron chi connectivity index (χ1n) is 5.30. The highest BCUT2D eigenvalue weighted by Crippen LogP contribution is 2.16. The third kappa shape index (κ3) is 1.89. The van der Waals surface area contributed by atoms with Crippen LogP contribution in [0.4, 0.5) is 0 Å². The lowest BCUT2D eigenvalue weighted by molar-refractivity contribution is 0.510. The largest absolute Gasteiger partial charge is 0.296 e. The van der Waals surface area contributed by atoms with Crippen LogP contribution in [0.25, 0.3) is 10.9 Å². The highest BCUT2D eigenvalue weighted by atomic mass is 79.9. The summed E-state index contributed by atoms with van der Waals surface area (Å²) >= 11 is 3.37. The van der Waals surface area contributed by atoms with Gasteiger partial charge >= 0.3 is 0 Å². The van der Waals surface area contributed by atoms with E-state index in [1.165, 1.54) is 0 Å². The van der Waals surface area contributed by atoms with Crippen molar-refractivity contribution in [3.63, 3.8) is 0 Å². The molecule has 3 nitrogen and oxygen atoms in total. The summed E-state index contributed by atoms with van der Waals surface area (Å²) in [7, 11) is 0. The van der Waals surface area contributed by atoms with E-state index < -0.39 is 0 Å². The van der Waals surface area contributed by atoms with Crippen molar-refractivity contribution in [2.45, 2.75) is 26.3 Å². The topological polar surface area (TPSA) is 34.9 Å². The Balaban J connectivity index is 2.71. The maximum Gasteiger partial charge on any atom is 0.261 e. The average molecular weight is 281 g/mol. The highest BCUT2D eigenvalue weighted by molar-refractivity contribution is 9.10. The van der Waals surface area contributed by atoms with Gasteiger partial charge in [-0.25, -0.2) is 4.98 Å². The molecule has 2 rings (SSSR count). The van der Waals surface area contributed by atoms with Crippen molar-refractivity contribution in [3.05, 3.63) is 39.4 Å². The van der Waals surface area contributed by atoms with Crippen molar-refractivity contribution >= 4 is 26.8 Å². The van der Waals surface area contributed by atoms with Crippen LogP contribution < -0.4 is 5.56 Å². The summed E-state index contributed by atoms with van der Waals surface area (Å²) in [4.78, 5) is 16.5. The van der Waals surface area contributed by atoms with E-state index in [0.29, 0.717) is 5.39 Å². The van der Waals surface area contributed by atoms with Gasteiger partial charge in [0.25, 0.3) is 5.56 Å². The fourth-order valence-electron chi connectivity index (χ4n) is 1.62. The molecule has 1 aromatic carbocycles. The molecule has 0 spiro atoms. The SMILES string of the molecule is CCC(C)n1cnc2cc(Br)ccc2c1=O. The minimum atomic E-state index is 0.0341. The molecule has 0 N–H and O–H groups in total. The molecule has 0 amide bonds. The van der Waals surface area contributed by atoms with Crippen molar-refractivity contribution in [2.75, 3.05) is 0 Å². The molecule has 1 atom stereocenters. The van der Waals surface area contributed by atoms with Gasteiger partial charge in [0.2, 0.25) is 0 Å². The molecule has 1 unspecified atom stereocenters. The second-order valence-electron chi connectivity index (χ2n) is 3.88. The van der Waals surface area contributed by atoms with Gasteiger partial charge in [-0.15, -0.1) is 0 Å². The van der Waals surface area contributed by atoms with Crippen molar-refractivity contribution in [2.24, 2.45) is 0 Å². The number of fused-ring (bicyclic) bond motifs is 1. The van der Waals surface area contributed by atoms with Crippen LogP contribution in [-0.4, -0.2) is 9.55 Å². The van der Waals surface area contributed by atoms with Gasteiger partial charge in [-0.1, -0.05) is 22.9 Å². The lowest BCUT2D eigenvalue weighted by atomic mass is 10.2. The zero-order valence-corrected chi connectivity index (χ0v) is 10.9. The number of rotatable bonds is 2. The van der Waals surface area contributed by atoms with Gasteiger partial charge in [0.15, 0.2) is 0 Å². The number of halogens is 1. The molecule has 0 saturated carbocycles. The molecule has 0 radical (unpaired) electrons. The molecule has 0 fully saturated rings. The Kier molecular flexibility index (Phi) is 3.10. The second-order valence-corrected chi connectivity index (χ2v) is 4.79. The maximum atomic E-state index is 12.1. The second kappa shape index (κ2) is 4.37. The Labute approximate surface area is 102 Å². The van der Waals surface area contributed by atoms with Gasteiger partial charge in [0.05, 0.1) is 17.2 Å². The molecule has 2 aromatic rings. The predicted molar refractivity (Wildman–Crippen MR) is 68.7 cm³/mol. The van der Waals surface area contributed by atoms with E-state index in [4.69, 9.17) is 0 Å². The van der Waals surface area contributed by atoms with Gasteiger partial charge in [-0.3, -0.25) is 9.36 Å². The molecule has 4 heteroatoms. The van der Waals surface area contributed by atoms with E-state index in [1.54, 1.807) is 10.9 Å². The molecule has 1 heterocycles. The molecule has 1 aromatic heterocycles. The first-order valence-corrected chi connectivity index (χ1v) is 6.09. The summed E-state index contributed by atoms with van der Waals surface area (Å²) in [5.74, 6) is 0. The monoisotopic (exact) mass is 280 g/mol. The van der Waals surface area contributed by atoms with Crippen molar-refractivity contribution < 1.29 is 0 Å². The number of hydrogen-bond donors (Lipinski definition) is 0. The molecule has 0 aliphatic heterocycles. The van der Waals surface area contributed by atoms with Gasteiger partial charge in [-0.05, 0) is 31.5 Å². The smallest absolute Gasteiger partial charge is 0.261 e. The Bertz CT molecular complexity index is 577. The number of hydrogen-bond acceptors (Lipinski definition) is 2. The third-order valence-electron chi connectivity index (χ3n) is 2.81. The van der Waals surface area contributed by atoms with Crippen molar-refractivity contribution in [3.8, 4) is 0 Å². The lowest BCUT2D eigenvalue weighted by Crippen LogP contribution is -2.23. The minimum Gasteiger partial charge on any atom is -0.296 e.